The molecule has 7 nitrogen and oxygen atoms in total. The molecule has 0 spiro atoms. The van der Waals surface area contributed by atoms with Crippen LogP contribution in [0.3, 0.4) is 0 Å². The Labute approximate surface area is 177 Å². The molecule has 8 heteroatoms. The minimum Gasteiger partial charge on any atom is -0.492 e. The first-order valence-corrected chi connectivity index (χ1v) is 11.6. The van der Waals surface area contributed by atoms with E-state index in [0.717, 1.165) is 24.8 Å². The molecule has 3 N–H and O–H groups in total. The van der Waals surface area contributed by atoms with Gasteiger partial charge in [-0.25, -0.2) is 8.42 Å². The molecule has 2 aromatic carbocycles. The lowest BCUT2D eigenvalue weighted by Gasteiger charge is -2.25. The number of aliphatic hydroxyl groups is 1. The third-order valence-corrected chi connectivity index (χ3v) is 6.51. The van der Waals surface area contributed by atoms with Crippen LogP contribution in [0.2, 0.25) is 0 Å². The van der Waals surface area contributed by atoms with Gasteiger partial charge in [0.15, 0.2) is 0 Å². The van der Waals surface area contributed by atoms with Gasteiger partial charge in [-0.05, 0) is 62.9 Å². The van der Waals surface area contributed by atoms with Crippen molar-refractivity contribution in [1.82, 2.24) is 0 Å². The van der Waals surface area contributed by atoms with Gasteiger partial charge in [-0.15, -0.1) is 0 Å². The van der Waals surface area contributed by atoms with Crippen molar-refractivity contribution in [2.45, 2.75) is 50.5 Å². The van der Waals surface area contributed by atoms with Crippen molar-refractivity contribution in [1.29, 1.82) is 0 Å². The molecule has 3 rings (SSSR count). The summed E-state index contributed by atoms with van der Waals surface area (Å²) < 4.78 is 34.0. The highest BCUT2D eigenvalue weighted by molar-refractivity contribution is 7.92. The number of sulfonamides is 1. The fourth-order valence-corrected chi connectivity index (χ4v) is 4.82. The van der Waals surface area contributed by atoms with Crippen molar-refractivity contribution in [3.63, 3.8) is 0 Å². The van der Waals surface area contributed by atoms with Crippen LogP contribution in [0.1, 0.15) is 38.2 Å². The number of carbonyl (C=O) groups excluding carboxylic acids is 1. The van der Waals surface area contributed by atoms with E-state index in [-0.39, 0.29) is 29.1 Å². The van der Waals surface area contributed by atoms with E-state index >= 15 is 0 Å². The first-order valence-electron chi connectivity index (χ1n) is 10.1. The van der Waals surface area contributed by atoms with E-state index in [4.69, 9.17) is 4.74 Å². The Kier molecular flexibility index (Phi) is 6.99. The second-order valence-corrected chi connectivity index (χ2v) is 9.23. The highest BCUT2D eigenvalue weighted by Crippen LogP contribution is 2.31. The number of aliphatic hydroxyl groups excluding tert-OH is 1. The number of anilines is 2. The zero-order valence-corrected chi connectivity index (χ0v) is 18.0. The van der Waals surface area contributed by atoms with E-state index in [2.05, 4.69) is 10.0 Å². The Morgan fingerprint density at radius 2 is 1.97 bits per heavy atom. The minimum absolute atomic E-state index is 0.00283. The topological polar surface area (TPSA) is 105 Å². The SMILES string of the molecule is CCOc1cc(NC(=O)C2CCCC(O)C2)ccc1S(=O)(=O)Nc1cccc(C)c1. The smallest absolute Gasteiger partial charge is 0.265 e. The maximum atomic E-state index is 12.9. The summed E-state index contributed by atoms with van der Waals surface area (Å²) in [4.78, 5) is 12.5. The average molecular weight is 433 g/mol. The number of rotatable bonds is 7. The molecule has 1 aliphatic rings. The van der Waals surface area contributed by atoms with Crippen LogP contribution in [0.4, 0.5) is 11.4 Å². The van der Waals surface area contributed by atoms with Crippen molar-refractivity contribution in [3.05, 3.63) is 48.0 Å². The van der Waals surface area contributed by atoms with Gasteiger partial charge in [-0.1, -0.05) is 18.6 Å². The summed E-state index contributed by atoms with van der Waals surface area (Å²) in [5, 5.41) is 12.6. The monoisotopic (exact) mass is 432 g/mol. The van der Waals surface area contributed by atoms with E-state index in [1.165, 1.54) is 12.1 Å². The Morgan fingerprint density at radius 1 is 1.17 bits per heavy atom. The quantitative estimate of drug-likeness (QED) is 0.619. The van der Waals surface area contributed by atoms with Crippen LogP contribution in [0.25, 0.3) is 0 Å². The predicted molar refractivity (Wildman–Crippen MR) is 116 cm³/mol. The number of aryl methyl sites for hydroxylation is 1. The van der Waals surface area contributed by atoms with Crippen LogP contribution >= 0.6 is 0 Å². The summed E-state index contributed by atoms with van der Waals surface area (Å²) in [6.45, 7) is 3.92. The molecule has 1 saturated carbocycles. The zero-order chi connectivity index (χ0) is 21.7. The van der Waals surface area contributed by atoms with Gasteiger partial charge in [0.25, 0.3) is 10.0 Å². The van der Waals surface area contributed by atoms with Crippen LogP contribution in [0, 0.1) is 12.8 Å². The molecule has 0 heterocycles. The summed E-state index contributed by atoms with van der Waals surface area (Å²) in [6.07, 6.45) is 2.25. The second-order valence-electron chi connectivity index (χ2n) is 7.58. The van der Waals surface area contributed by atoms with Gasteiger partial charge in [0, 0.05) is 23.4 Å². The molecular formula is C22H28N2O5S. The molecule has 0 aromatic heterocycles. The van der Waals surface area contributed by atoms with Gasteiger partial charge >= 0.3 is 0 Å². The number of nitrogens with one attached hydrogen (secondary N) is 2. The molecule has 162 valence electrons. The maximum absolute atomic E-state index is 12.9. The molecule has 2 atom stereocenters. The first kappa shape index (κ1) is 22.1. The van der Waals surface area contributed by atoms with Crippen LogP contribution in [-0.4, -0.2) is 32.1 Å². The first-order chi connectivity index (χ1) is 14.3. The summed E-state index contributed by atoms with van der Waals surface area (Å²) in [6, 6.07) is 11.6. The maximum Gasteiger partial charge on any atom is 0.265 e. The van der Waals surface area contributed by atoms with Gasteiger partial charge in [0.05, 0.1) is 12.7 Å². The fourth-order valence-electron chi connectivity index (χ4n) is 3.64. The number of amides is 1. The summed E-state index contributed by atoms with van der Waals surface area (Å²) in [7, 11) is -3.88. The van der Waals surface area contributed by atoms with Gasteiger partial charge in [0.2, 0.25) is 5.91 Å². The Morgan fingerprint density at radius 3 is 2.67 bits per heavy atom. The van der Waals surface area contributed by atoms with E-state index in [0.29, 0.717) is 17.8 Å². The molecule has 2 unspecified atom stereocenters. The van der Waals surface area contributed by atoms with Crippen molar-refractivity contribution >= 4 is 27.3 Å². The molecule has 1 aliphatic carbocycles. The van der Waals surface area contributed by atoms with Gasteiger partial charge in [-0.3, -0.25) is 9.52 Å². The third-order valence-electron chi connectivity index (χ3n) is 5.09. The molecule has 0 saturated heterocycles. The van der Waals surface area contributed by atoms with Gasteiger partial charge in [0.1, 0.15) is 10.6 Å². The van der Waals surface area contributed by atoms with E-state index in [9.17, 15) is 18.3 Å². The lowest BCUT2D eigenvalue weighted by atomic mass is 9.86. The van der Waals surface area contributed by atoms with Gasteiger partial charge < -0.3 is 15.2 Å². The van der Waals surface area contributed by atoms with Crippen LogP contribution in [0.5, 0.6) is 5.75 Å². The standard InChI is InChI=1S/C22H28N2O5S/c1-3-29-20-14-17(23-22(26)16-7-5-9-19(25)13-16)10-11-21(20)30(27,28)24-18-8-4-6-15(2)12-18/h4,6,8,10-12,14,16,19,24-25H,3,5,7,9,13H2,1-2H3,(H,23,26). The largest absolute Gasteiger partial charge is 0.492 e. The number of hydrogen-bond acceptors (Lipinski definition) is 5. The van der Waals surface area contributed by atoms with E-state index < -0.39 is 16.1 Å². The lowest BCUT2D eigenvalue weighted by molar-refractivity contribution is -0.122. The van der Waals surface area contributed by atoms with Crippen molar-refractivity contribution in [2.24, 2.45) is 5.92 Å². The third kappa shape index (κ3) is 5.52. The average Bonchev–Trinajstić information content (AvgIpc) is 2.68. The Balaban J connectivity index is 1.81. The van der Waals surface area contributed by atoms with Crippen molar-refractivity contribution < 1.29 is 23.1 Å². The zero-order valence-electron chi connectivity index (χ0n) is 17.2. The number of carbonyl (C=O) groups is 1. The van der Waals surface area contributed by atoms with Crippen LogP contribution < -0.4 is 14.8 Å². The van der Waals surface area contributed by atoms with Crippen LogP contribution in [-0.2, 0) is 14.8 Å². The predicted octanol–water partition coefficient (Wildman–Crippen LogP) is 3.68. The molecule has 0 radical (unpaired) electrons. The van der Waals surface area contributed by atoms with Crippen molar-refractivity contribution in [2.75, 3.05) is 16.6 Å². The lowest BCUT2D eigenvalue weighted by Crippen LogP contribution is -2.30. The highest BCUT2D eigenvalue weighted by Gasteiger charge is 2.27. The summed E-state index contributed by atoms with van der Waals surface area (Å²) >= 11 is 0. The van der Waals surface area contributed by atoms with E-state index in [1.54, 1.807) is 31.2 Å². The normalized spacial score (nSPS) is 19.2. The Hall–Kier alpha value is -2.58. The van der Waals surface area contributed by atoms with Crippen LogP contribution in [0.15, 0.2) is 47.4 Å². The molecule has 0 bridgehead atoms. The summed E-state index contributed by atoms with van der Waals surface area (Å²) in [5.74, 6) is -0.264. The van der Waals surface area contributed by atoms with Crippen molar-refractivity contribution in [3.8, 4) is 5.75 Å². The fraction of sp³-hybridized carbons (Fsp3) is 0.409. The summed E-state index contributed by atoms with van der Waals surface area (Å²) in [5.41, 5.74) is 1.86. The molecule has 30 heavy (non-hydrogen) atoms. The molecule has 1 amide bonds. The minimum atomic E-state index is -3.88. The number of hydrogen-bond donors (Lipinski definition) is 3. The highest BCUT2D eigenvalue weighted by atomic mass is 32.2. The second kappa shape index (κ2) is 9.49. The molecule has 2 aromatic rings. The number of ether oxygens (including phenoxy) is 1. The van der Waals surface area contributed by atoms with E-state index in [1.807, 2.05) is 13.0 Å². The number of benzene rings is 2. The Bertz CT molecular complexity index is 1010. The molecule has 1 fully saturated rings. The molecular weight excluding hydrogens is 404 g/mol. The van der Waals surface area contributed by atoms with Gasteiger partial charge in [-0.2, -0.15) is 0 Å². The molecule has 0 aliphatic heterocycles.